The zero-order valence-electron chi connectivity index (χ0n) is 14.7. The molecule has 2 heterocycles. The fraction of sp³-hybridized carbons (Fsp3) is 0.0476. The van der Waals surface area contributed by atoms with E-state index in [-0.39, 0.29) is 17.1 Å². The summed E-state index contributed by atoms with van der Waals surface area (Å²) in [5.74, 6) is -0.963. The summed E-state index contributed by atoms with van der Waals surface area (Å²) < 4.78 is 39.0. The zero-order valence-corrected chi connectivity index (χ0v) is 14.7. The van der Waals surface area contributed by atoms with Crippen molar-refractivity contribution in [1.82, 2.24) is 9.61 Å². The molecule has 0 atom stereocenters. The molecule has 0 aliphatic carbocycles. The van der Waals surface area contributed by atoms with Gasteiger partial charge in [0.1, 0.15) is 11.6 Å². The second kappa shape index (κ2) is 7.11. The Morgan fingerprint density at radius 2 is 1.86 bits per heavy atom. The predicted octanol–water partition coefficient (Wildman–Crippen LogP) is 4.44. The van der Waals surface area contributed by atoms with Crippen LogP contribution in [-0.2, 0) is 0 Å². The van der Waals surface area contributed by atoms with Gasteiger partial charge in [-0.15, -0.1) is 5.10 Å². The minimum absolute atomic E-state index is 0.0956. The van der Waals surface area contributed by atoms with Crippen LogP contribution in [0.1, 0.15) is 0 Å². The van der Waals surface area contributed by atoms with E-state index in [1.165, 1.54) is 28.9 Å². The van der Waals surface area contributed by atoms with Crippen molar-refractivity contribution in [2.45, 2.75) is 0 Å². The number of hydrogen-bond donors (Lipinski definition) is 0. The van der Waals surface area contributed by atoms with Crippen LogP contribution in [0.15, 0.2) is 71.7 Å². The number of pyridine rings is 1. The number of fused-ring (bicyclic) bond motifs is 1. The molecular formula is C21H14F2N2O3. The summed E-state index contributed by atoms with van der Waals surface area (Å²) in [7, 11) is 1.55. The smallest absolute Gasteiger partial charge is 0.237 e. The average Bonchev–Trinajstić information content (AvgIpc) is 2.70. The maximum atomic E-state index is 13.8. The molecule has 0 spiro atoms. The molecule has 140 valence electrons. The molecule has 2 aromatic carbocycles. The molecule has 0 radical (unpaired) electrons. The molecule has 28 heavy (non-hydrogen) atoms. The first-order valence-electron chi connectivity index (χ1n) is 8.35. The van der Waals surface area contributed by atoms with Gasteiger partial charge in [0.05, 0.1) is 18.2 Å². The summed E-state index contributed by atoms with van der Waals surface area (Å²) in [5, 5.41) is 4.27. The summed E-state index contributed by atoms with van der Waals surface area (Å²) in [6.07, 6.45) is 1.50. The molecule has 0 fully saturated rings. The fourth-order valence-electron chi connectivity index (χ4n) is 2.87. The second-order valence-corrected chi connectivity index (χ2v) is 5.97. The van der Waals surface area contributed by atoms with Gasteiger partial charge in [-0.05, 0) is 35.9 Å². The Labute approximate surface area is 158 Å². The topological polar surface area (TPSA) is 52.8 Å². The number of nitrogens with zero attached hydrogens (tertiary/aromatic N) is 2. The molecule has 4 rings (SSSR count). The minimum atomic E-state index is -0.834. The van der Waals surface area contributed by atoms with Crippen molar-refractivity contribution in [3.05, 3.63) is 88.7 Å². The van der Waals surface area contributed by atoms with E-state index in [2.05, 4.69) is 5.10 Å². The van der Waals surface area contributed by atoms with Gasteiger partial charge in [0, 0.05) is 24.4 Å². The molecule has 0 aliphatic heterocycles. The molecule has 7 heteroatoms. The van der Waals surface area contributed by atoms with Crippen LogP contribution in [0.5, 0.6) is 17.4 Å². The molecule has 0 bridgehead atoms. The summed E-state index contributed by atoms with van der Waals surface area (Å²) in [6.45, 7) is 0. The number of methoxy groups -OCH3 is 1. The lowest BCUT2D eigenvalue weighted by Gasteiger charge is -2.11. The van der Waals surface area contributed by atoms with Gasteiger partial charge in [0.15, 0.2) is 17.0 Å². The van der Waals surface area contributed by atoms with E-state index in [1.807, 2.05) is 0 Å². The monoisotopic (exact) mass is 380 g/mol. The maximum Gasteiger partial charge on any atom is 0.237 e. The standard InChI is InChI=1S/C21H14F2N2O3/c1-27-15-4-2-3-13(11-15)21-17-6-8-20(24-25(17)10-9-18(21)26)28-19-7-5-14(22)12-16(19)23/h2-12H,1H3. The van der Waals surface area contributed by atoms with Gasteiger partial charge >= 0.3 is 0 Å². The first-order chi connectivity index (χ1) is 13.5. The van der Waals surface area contributed by atoms with Gasteiger partial charge in [0.25, 0.3) is 0 Å². The number of halogens is 2. The molecule has 0 saturated heterocycles. The van der Waals surface area contributed by atoms with Crippen molar-refractivity contribution in [1.29, 1.82) is 0 Å². The molecule has 4 aromatic rings. The highest BCUT2D eigenvalue weighted by molar-refractivity contribution is 5.80. The van der Waals surface area contributed by atoms with Crippen LogP contribution in [0.25, 0.3) is 16.6 Å². The van der Waals surface area contributed by atoms with Crippen molar-refractivity contribution in [3.8, 4) is 28.5 Å². The predicted molar refractivity (Wildman–Crippen MR) is 99.9 cm³/mol. The Balaban J connectivity index is 1.79. The summed E-state index contributed by atoms with van der Waals surface area (Å²) in [5.41, 5.74) is 1.51. The molecule has 0 aliphatic rings. The number of rotatable bonds is 4. The molecule has 0 saturated carbocycles. The highest BCUT2D eigenvalue weighted by atomic mass is 19.1. The lowest BCUT2D eigenvalue weighted by Crippen LogP contribution is -2.09. The molecule has 2 aromatic heterocycles. The van der Waals surface area contributed by atoms with E-state index in [9.17, 15) is 13.6 Å². The largest absolute Gasteiger partial charge is 0.497 e. The minimum Gasteiger partial charge on any atom is -0.497 e. The highest BCUT2D eigenvalue weighted by Crippen LogP contribution is 2.27. The average molecular weight is 380 g/mol. The fourth-order valence-corrected chi connectivity index (χ4v) is 2.87. The van der Waals surface area contributed by atoms with Crippen molar-refractivity contribution in [2.75, 3.05) is 7.11 Å². The van der Waals surface area contributed by atoms with E-state index >= 15 is 0 Å². The summed E-state index contributed by atoms with van der Waals surface area (Å²) in [4.78, 5) is 12.5. The lowest BCUT2D eigenvalue weighted by atomic mass is 10.0. The molecule has 0 N–H and O–H groups in total. The van der Waals surface area contributed by atoms with Crippen molar-refractivity contribution in [2.24, 2.45) is 0 Å². The number of benzene rings is 2. The Morgan fingerprint density at radius 3 is 2.64 bits per heavy atom. The van der Waals surface area contributed by atoms with Gasteiger partial charge in [0.2, 0.25) is 5.88 Å². The van der Waals surface area contributed by atoms with Crippen LogP contribution in [0.4, 0.5) is 8.78 Å². The maximum absolute atomic E-state index is 13.8. The molecule has 5 nitrogen and oxygen atoms in total. The van der Waals surface area contributed by atoms with E-state index in [0.717, 1.165) is 12.1 Å². The van der Waals surface area contributed by atoms with Crippen LogP contribution in [0.3, 0.4) is 0 Å². The van der Waals surface area contributed by atoms with Crippen LogP contribution in [0, 0.1) is 11.6 Å². The van der Waals surface area contributed by atoms with Gasteiger partial charge in [-0.2, -0.15) is 0 Å². The number of ether oxygens (including phenoxy) is 2. The summed E-state index contributed by atoms with van der Waals surface area (Å²) >= 11 is 0. The van der Waals surface area contributed by atoms with Crippen molar-refractivity contribution >= 4 is 5.52 Å². The van der Waals surface area contributed by atoms with Crippen LogP contribution >= 0.6 is 0 Å². The van der Waals surface area contributed by atoms with E-state index in [4.69, 9.17) is 9.47 Å². The highest BCUT2D eigenvalue weighted by Gasteiger charge is 2.12. The van der Waals surface area contributed by atoms with Crippen LogP contribution in [0.2, 0.25) is 0 Å². The van der Waals surface area contributed by atoms with E-state index in [1.54, 1.807) is 37.4 Å². The van der Waals surface area contributed by atoms with Gasteiger partial charge in [-0.3, -0.25) is 4.79 Å². The van der Waals surface area contributed by atoms with Crippen molar-refractivity contribution < 1.29 is 18.3 Å². The van der Waals surface area contributed by atoms with Crippen molar-refractivity contribution in [3.63, 3.8) is 0 Å². The second-order valence-electron chi connectivity index (χ2n) is 5.97. The third-order valence-corrected chi connectivity index (χ3v) is 4.17. The Bertz CT molecular complexity index is 1240. The van der Waals surface area contributed by atoms with Gasteiger partial charge < -0.3 is 9.47 Å². The molecule has 0 amide bonds. The first-order valence-corrected chi connectivity index (χ1v) is 8.35. The van der Waals surface area contributed by atoms with Gasteiger partial charge in [-0.1, -0.05) is 12.1 Å². The Kier molecular flexibility index (Phi) is 4.49. The van der Waals surface area contributed by atoms with Gasteiger partial charge in [-0.25, -0.2) is 13.3 Å². The summed E-state index contributed by atoms with van der Waals surface area (Å²) in [6, 6.07) is 14.7. The first kappa shape index (κ1) is 17.7. The van der Waals surface area contributed by atoms with E-state index < -0.39 is 11.6 Å². The normalized spacial score (nSPS) is 10.8. The molecule has 0 unspecified atom stereocenters. The Morgan fingerprint density at radius 1 is 1.00 bits per heavy atom. The number of aromatic nitrogens is 2. The zero-order chi connectivity index (χ0) is 19.7. The third-order valence-electron chi connectivity index (χ3n) is 4.17. The number of hydrogen-bond acceptors (Lipinski definition) is 4. The SMILES string of the molecule is COc1cccc(-c2c(=O)ccn3nc(Oc4ccc(F)cc4F)ccc23)c1. The quantitative estimate of drug-likeness (QED) is 0.525. The molecular weight excluding hydrogens is 366 g/mol. The third kappa shape index (κ3) is 3.29. The van der Waals surface area contributed by atoms with Crippen LogP contribution in [-0.4, -0.2) is 16.7 Å². The Hall–Kier alpha value is -3.74. The lowest BCUT2D eigenvalue weighted by molar-refractivity contribution is 0.415. The van der Waals surface area contributed by atoms with E-state index in [0.29, 0.717) is 22.4 Å². The van der Waals surface area contributed by atoms with Crippen LogP contribution < -0.4 is 14.9 Å².